The maximum atomic E-state index is 12.1. The third kappa shape index (κ3) is 3.82. The zero-order chi connectivity index (χ0) is 15.6. The molecule has 3 N–H and O–H groups in total. The van der Waals surface area contributed by atoms with E-state index in [1.165, 1.54) is 29.5 Å². The summed E-state index contributed by atoms with van der Waals surface area (Å²) in [5.74, 6) is -0.454. The van der Waals surface area contributed by atoms with Crippen molar-refractivity contribution in [2.75, 3.05) is 11.6 Å². The van der Waals surface area contributed by atoms with Crippen LogP contribution in [-0.2, 0) is 14.6 Å². The van der Waals surface area contributed by atoms with Gasteiger partial charge in [0.25, 0.3) is 0 Å². The van der Waals surface area contributed by atoms with Crippen molar-refractivity contribution in [1.82, 2.24) is 0 Å². The van der Waals surface area contributed by atoms with Crippen molar-refractivity contribution in [3.05, 3.63) is 45.6 Å². The van der Waals surface area contributed by atoms with E-state index in [2.05, 4.69) is 5.32 Å². The lowest BCUT2D eigenvalue weighted by atomic mass is 10.2. The molecule has 0 bridgehead atoms. The number of rotatable bonds is 4. The van der Waals surface area contributed by atoms with Gasteiger partial charge in [0.2, 0.25) is 5.91 Å². The average molecular weight is 345 g/mol. The number of thiophene rings is 1. The zero-order valence-corrected chi connectivity index (χ0v) is 13.4. The Morgan fingerprint density at radius 1 is 1.38 bits per heavy atom. The SMILES string of the molecule is CS(=O)(=O)c1ccc(Cl)c(NC(=O)C(N)c2cccs2)c1. The van der Waals surface area contributed by atoms with Crippen LogP contribution >= 0.6 is 22.9 Å². The number of sulfone groups is 1. The highest BCUT2D eigenvalue weighted by Crippen LogP contribution is 2.26. The molecule has 0 saturated carbocycles. The molecule has 0 saturated heterocycles. The van der Waals surface area contributed by atoms with Gasteiger partial charge in [-0.3, -0.25) is 4.79 Å². The first-order chi connectivity index (χ1) is 9.79. The number of nitrogens with two attached hydrogens (primary N) is 1. The van der Waals surface area contributed by atoms with Crippen molar-refractivity contribution in [2.45, 2.75) is 10.9 Å². The van der Waals surface area contributed by atoms with Crippen molar-refractivity contribution in [2.24, 2.45) is 5.73 Å². The van der Waals surface area contributed by atoms with Crippen molar-refractivity contribution in [3.63, 3.8) is 0 Å². The average Bonchev–Trinajstić information content (AvgIpc) is 2.92. The molecule has 5 nitrogen and oxygen atoms in total. The highest BCUT2D eigenvalue weighted by molar-refractivity contribution is 7.90. The van der Waals surface area contributed by atoms with Gasteiger partial charge in [0, 0.05) is 11.1 Å². The highest BCUT2D eigenvalue weighted by atomic mass is 35.5. The number of amides is 1. The minimum absolute atomic E-state index is 0.0758. The van der Waals surface area contributed by atoms with Crippen LogP contribution in [0.15, 0.2) is 40.6 Å². The molecule has 1 atom stereocenters. The van der Waals surface area contributed by atoms with Crippen LogP contribution in [0.4, 0.5) is 5.69 Å². The van der Waals surface area contributed by atoms with Crippen molar-refractivity contribution < 1.29 is 13.2 Å². The normalized spacial score (nSPS) is 12.9. The van der Waals surface area contributed by atoms with Crippen molar-refractivity contribution in [3.8, 4) is 0 Å². The molecule has 0 aliphatic heterocycles. The largest absolute Gasteiger partial charge is 0.323 e. The maximum Gasteiger partial charge on any atom is 0.246 e. The van der Waals surface area contributed by atoms with Crippen molar-refractivity contribution >= 4 is 44.4 Å². The number of anilines is 1. The molecule has 0 aliphatic carbocycles. The van der Waals surface area contributed by atoms with E-state index in [9.17, 15) is 13.2 Å². The third-order valence-corrected chi connectivity index (χ3v) is 5.15. The van der Waals surface area contributed by atoms with Crippen LogP contribution in [0.2, 0.25) is 5.02 Å². The van der Waals surface area contributed by atoms with Crippen LogP contribution in [-0.4, -0.2) is 20.6 Å². The van der Waals surface area contributed by atoms with Gasteiger partial charge in [0.1, 0.15) is 6.04 Å². The van der Waals surface area contributed by atoms with E-state index < -0.39 is 21.8 Å². The number of halogens is 1. The Labute approximate surface area is 131 Å². The molecule has 0 aliphatic rings. The highest BCUT2D eigenvalue weighted by Gasteiger charge is 2.19. The van der Waals surface area contributed by atoms with E-state index in [1.807, 2.05) is 5.38 Å². The Kier molecular flexibility index (Phi) is 4.67. The molecule has 1 aromatic carbocycles. The van der Waals surface area contributed by atoms with Crippen LogP contribution in [0.25, 0.3) is 0 Å². The second-order valence-electron chi connectivity index (χ2n) is 4.40. The number of benzene rings is 1. The molecule has 0 fully saturated rings. The summed E-state index contributed by atoms with van der Waals surface area (Å²) in [6.07, 6.45) is 1.08. The second-order valence-corrected chi connectivity index (χ2v) is 7.80. The molecule has 0 spiro atoms. The topological polar surface area (TPSA) is 89.3 Å². The molecule has 1 heterocycles. The molecule has 0 radical (unpaired) electrons. The lowest BCUT2D eigenvalue weighted by Gasteiger charge is -2.12. The predicted molar refractivity (Wildman–Crippen MR) is 84.4 cm³/mol. The number of carbonyl (C=O) groups is 1. The first-order valence-corrected chi connectivity index (χ1v) is 9.03. The molecule has 2 rings (SSSR count). The van der Waals surface area contributed by atoms with Gasteiger partial charge < -0.3 is 11.1 Å². The van der Waals surface area contributed by atoms with Crippen molar-refractivity contribution in [1.29, 1.82) is 0 Å². The number of hydrogen-bond donors (Lipinski definition) is 2. The van der Waals surface area contributed by atoms with E-state index >= 15 is 0 Å². The quantitative estimate of drug-likeness (QED) is 0.891. The van der Waals surface area contributed by atoms with Gasteiger partial charge in [-0.2, -0.15) is 0 Å². The van der Waals surface area contributed by atoms with Gasteiger partial charge in [0.15, 0.2) is 9.84 Å². The lowest BCUT2D eigenvalue weighted by molar-refractivity contribution is -0.117. The standard InChI is InChI=1S/C13H13ClN2O3S2/c1-21(18,19)8-4-5-9(14)10(7-8)16-13(17)12(15)11-3-2-6-20-11/h2-7,12H,15H2,1H3,(H,16,17). The lowest BCUT2D eigenvalue weighted by Crippen LogP contribution is -2.27. The van der Waals surface area contributed by atoms with E-state index in [1.54, 1.807) is 12.1 Å². The van der Waals surface area contributed by atoms with Gasteiger partial charge in [-0.25, -0.2) is 8.42 Å². The molecular weight excluding hydrogens is 332 g/mol. The van der Waals surface area contributed by atoms with Gasteiger partial charge in [-0.05, 0) is 29.6 Å². The first-order valence-electron chi connectivity index (χ1n) is 5.88. The van der Waals surface area contributed by atoms with Crippen LogP contribution in [0.1, 0.15) is 10.9 Å². The van der Waals surface area contributed by atoms with E-state index in [0.29, 0.717) is 4.88 Å². The summed E-state index contributed by atoms with van der Waals surface area (Å²) >= 11 is 7.34. The molecular formula is C13H13ClN2O3S2. The van der Waals surface area contributed by atoms with Crippen LogP contribution in [0.3, 0.4) is 0 Å². The van der Waals surface area contributed by atoms with Gasteiger partial charge in [-0.15, -0.1) is 11.3 Å². The maximum absolute atomic E-state index is 12.1. The van der Waals surface area contributed by atoms with Crippen LogP contribution < -0.4 is 11.1 Å². The fraction of sp³-hybridized carbons (Fsp3) is 0.154. The van der Waals surface area contributed by atoms with Crippen LogP contribution in [0.5, 0.6) is 0 Å². The summed E-state index contributed by atoms with van der Waals surface area (Å²) in [6.45, 7) is 0. The minimum atomic E-state index is -3.38. The summed E-state index contributed by atoms with van der Waals surface area (Å²) in [7, 11) is -3.38. The van der Waals surface area contributed by atoms with E-state index in [-0.39, 0.29) is 15.6 Å². The zero-order valence-electron chi connectivity index (χ0n) is 11.0. The summed E-state index contributed by atoms with van der Waals surface area (Å²) < 4.78 is 23.0. The summed E-state index contributed by atoms with van der Waals surface area (Å²) in [5.41, 5.74) is 6.06. The predicted octanol–water partition coefficient (Wildman–Crippen LogP) is 2.44. The molecule has 8 heteroatoms. The third-order valence-electron chi connectivity index (χ3n) is 2.76. The summed E-state index contributed by atoms with van der Waals surface area (Å²) in [6, 6.07) is 6.84. The smallest absolute Gasteiger partial charge is 0.246 e. The Bertz CT molecular complexity index is 758. The first kappa shape index (κ1) is 16.0. The fourth-order valence-corrected chi connectivity index (χ4v) is 3.18. The Morgan fingerprint density at radius 2 is 2.10 bits per heavy atom. The Balaban J connectivity index is 2.25. The van der Waals surface area contributed by atoms with Crippen LogP contribution in [0, 0.1) is 0 Å². The molecule has 1 unspecified atom stereocenters. The second kappa shape index (κ2) is 6.15. The minimum Gasteiger partial charge on any atom is -0.323 e. The Hall–Kier alpha value is -1.41. The molecule has 1 aromatic heterocycles. The van der Waals surface area contributed by atoms with E-state index in [4.69, 9.17) is 17.3 Å². The molecule has 1 amide bonds. The number of carbonyl (C=O) groups excluding carboxylic acids is 1. The van der Waals surface area contributed by atoms with Gasteiger partial charge in [-0.1, -0.05) is 17.7 Å². The molecule has 21 heavy (non-hydrogen) atoms. The summed E-state index contributed by atoms with van der Waals surface area (Å²) in [4.78, 5) is 12.9. The van der Waals surface area contributed by atoms with E-state index in [0.717, 1.165) is 6.26 Å². The summed E-state index contributed by atoms with van der Waals surface area (Å²) in [5, 5.41) is 4.62. The fourth-order valence-electron chi connectivity index (χ4n) is 1.64. The molecule has 112 valence electrons. The van der Waals surface area contributed by atoms with Gasteiger partial charge >= 0.3 is 0 Å². The Morgan fingerprint density at radius 3 is 2.67 bits per heavy atom. The molecule has 2 aromatic rings. The number of nitrogens with one attached hydrogen (secondary N) is 1. The number of hydrogen-bond acceptors (Lipinski definition) is 5. The van der Waals surface area contributed by atoms with Gasteiger partial charge in [0.05, 0.1) is 15.6 Å². The monoisotopic (exact) mass is 344 g/mol.